The Morgan fingerprint density at radius 2 is 1.85 bits per heavy atom. The van der Waals surface area contributed by atoms with Crippen LogP contribution in [0.4, 0.5) is 4.79 Å². The van der Waals surface area contributed by atoms with Gasteiger partial charge in [0.05, 0.1) is 6.61 Å². The lowest BCUT2D eigenvalue weighted by Gasteiger charge is -2.32. The van der Waals surface area contributed by atoms with Crippen molar-refractivity contribution in [3.05, 3.63) is 35.9 Å². The molecular formula is C21H29NO4. The van der Waals surface area contributed by atoms with E-state index in [1.807, 2.05) is 44.2 Å². The van der Waals surface area contributed by atoms with Gasteiger partial charge in [-0.1, -0.05) is 57.0 Å². The van der Waals surface area contributed by atoms with Crippen molar-refractivity contribution in [2.45, 2.75) is 64.6 Å². The van der Waals surface area contributed by atoms with Gasteiger partial charge in [0.15, 0.2) is 0 Å². The molecule has 0 radical (unpaired) electrons. The number of esters is 1. The maximum atomic E-state index is 12.8. The van der Waals surface area contributed by atoms with Gasteiger partial charge in [-0.2, -0.15) is 0 Å². The van der Waals surface area contributed by atoms with Crippen LogP contribution in [0.1, 0.15) is 51.5 Å². The largest absolute Gasteiger partial charge is 0.464 e. The van der Waals surface area contributed by atoms with Crippen molar-refractivity contribution >= 4 is 12.1 Å². The molecule has 0 aromatic heterocycles. The number of nitrogens with zero attached hydrogens (tertiary/aromatic N) is 1. The molecule has 1 aromatic rings. The second kappa shape index (κ2) is 8.56. The summed E-state index contributed by atoms with van der Waals surface area (Å²) >= 11 is 0. The fourth-order valence-electron chi connectivity index (χ4n) is 4.07. The van der Waals surface area contributed by atoms with E-state index in [9.17, 15) is 9.59 Å². The summed E-state index contributed by atoms with van der Waals surface area (Å²) in [4.78, 5) is 27.1. The van der Waals surface area contributed by atoms with Gasteiger partial charge in [0, 0.05) is 6.04 Å². The van der Waals surface area contributed by atoms with Crippen molar-refractivity contribution in [2.24, 2.45) is 11.8 Å². The minimum atomic E-state index is -0.509. The van der Waals surface area contributed by atoms with Gasteiger partial charge in [0.1, 0.15) is 12.6 Å². The third-order valence-corrected chi connectivity index (χ3v) is 5.34. The third kappa shape index (κ3) is 4.37. The molecule has 1 aromatic carbocycles. The van der Waals surface area contributed by atoms with Crippen LogP contribution in [0.25, 0.3) is 0 Å². The monoisotopic (exact) mass is 359 g/mol. The number of hydrogen-bond acceptors (Lipinski definition) is 4. The molecule has 0 bridgehead atoms. The summed E-state index contributed by atoms with van der Waals surface area (Å²) in [6.07, 6.45) is 4.58. The molecule has 5 heteroatoms. The normalized spacial score (nSPS) is 25.0. The molecule has 0 N–H and O–H groups in total. The molecule has 1 aliphatic heterocycles. The van der Waals surface area contributed by atoms with E-state index in [-0.39, 0.29) is 24.5 Å². The van der Waals surface area contributed by atoms with E-state index >= 15 is 0 Å². The Labute approximate surface area is 155 Å². The van der Waals surface area contributed by atoms with E-state index in [4.69, 9.17) is 9.47 Å². The Balaban J connectivity index is 1.68. The Kier molecular flexibility index (Phi) is 6.17. The molecule has 1 saturated heterocycles. The highest BCUT2D eigenvalue weighted by Gasteiger charge is 2.48. The molecule has 3 atom stereocenters. The zero-order chi connectivity index (χ0) is 18.5. The first kappa shape index (κ1) is 18.7. The van der Waals surface area contributed by atoms with Crippen LogP contribution in [0.3, 0.4) is 0 Å². The van der Waals surface area contributed by atoms with Crippen molar-refractivity contribution in [3.63, 3.8) is 0 Å². The third-order valence-electron chi connectivity index (χ3n) is 5.34. The number of rotatable bonds is 5. The summed E-state index contributed by atoms with van der Waals surface area (Å²) in [7, 11) is 0. The molecule has 1 saturated carbocycles. The molecule has 26 heavy (non-hydrogen) atoms. The van der Waals surface area contributed by atoms with Crippen LogP contribution in [0.15, 0.2) is 30.3 Å². The molecule has 1 heterocycles. The average molecular weight is 359 g/mol. The molecule has 0 spiro atoms. The Bertz CT molecular complexity index is 616. The highest BCUT2D eigenvalue weighted by molar-refractivity contribution is 5.82. The lowest BCUT2D eigenvalue weighted by Crippen LogP contribution is -2.47. The molecular weight excluding hydrogens is 330 g/mol. The zero-order valence-corrected chi connectivity index (χ0v) is 15.7. The van der Waals surface area contributed by atoms with Gasteiger partial charge in [0.25, 0.3) is 0 Å². The summed E-state index contributed by atoms with van der Waals surface area (Å²) < 4.78 is 11.0. The van der Waals surface area contributed by atoms with E-state index in [0.717, 1.165) is 24.8 Å². The lowest BCUT2D eigenvalue weighted by molar-refractivity contribution is -0.150. The van der Waals surface area contributed by atoms with E-state index in [1.165, 1.54) is 6.42 Å². The quantitative estimate of drug-likeness (QED) is 0.741. The smallest absolute Gasteiger partial charge is 0.411 e. The lowest BCUT2D eigenvalue weighted by atomic mass is 9.85. The van der Waals surface area contributed by atoms with Crippen molar-refractivity contribution in [1.29, 1.82) is 0 Å². The van der Waals surface area contributed by atoms with Crippen LogP contribution >= 0.6 is 0 Å². The maximum Gasteiger partial charge on any atom is 0.411 e. The van der Waals surface area contributed by atoms with Crippen LogP contribution in [0, 0.1) is 11.8 Å². The Morgan fingerprint density at radius 1 is 1.12 bits per heavy atom. The summed E-state index contributed by atoms with van der Waals surface area (Å²) in [5.74, 6) is 0.371. The first-order valence-corrected chi connectivity index (χ1v) is 9.72. The van der Waals surface area contributed by atoms with Crippen LogP contribution < -0.4 is 0 Å². The molecule has 2 fully saturated rings. The van der Waals surface area contributed by atoms with E-state index in [0.29, 0.717) is 18.9 Å². The fourth-order valence-corrected chi connectivity index (χ4v) is 4.07. The highest BCUT2D eigenvalue weighted by atomic mass is 16.6. The first-order chi connectivity index (χ1) is 12.6. The fraction of sp³-hybridized carbons (Fsp3) is 0.619. The number of likely N-dealkylation sites (tertiary alicyclic amines) is 1. The molecule has 142 valence electrons. The Hall–Kier alpha value is -2.04. The number of carbonyl (C=O) groups is 2. The van der Waals surface area contributed by atoms with E-state index < -0.39 is 12.1 Å². The minimum absolute atomic E-state index is 0.101. The van der Waals surface area contributed by atoms with Crippen molar-refractivity contribution in [1.82, 2.24) is 4.90 Å². The van der Waals surface area contributed by atoms with Gasteiger partial charge in [-0.05, 0) is 36.7 Å². The molecule has 2 aliphatic rings. The Morgan fingerprint density at radius 3 is 2.58 bits per heavy atom. The van der Waals surface area contributed by atoms with Gasteiger partial charge in [-0.3, -0.25) is 4.90 Å². The van der Waals surface area contributed by atoms with Gasteiger partial charge < -0.3 is 9.47 Å². The molecule has 5 nitrogen and oxygen atoms in total. The van der Waals surface area contributed by atoms with Crippen molar-refractivity contribution < 1.29 is 19.1 Å². The maximum absolute atomic E-state index is 12.8. The van der Waals surface area contributed by atoms with Gasteiger partial charge in [0.2, 0.25) is 0 Å². The predicted octanol–water partition coefficient (Wildman–Crippen LogP) is 4.16. The molecule has 1 amide bonds. The average Bonchev–Trinajstić information content (AvgIpc) is 3.04. The first-order valence-electron chi connectivity index (χ1n) is 9.72. The number of carbonyl (C=O) groups excluding carboxylic acids is 2. The topological polar surface area (TPSA) is 55.8 Å². The second-order valence-electron chi connectivity index (χ2n) is 7.83. The number of benzene rings is 1. The van der Waals surface area contributed by atoms with E-state index in [2.05, 4.69) is 0 Å². The van der Waals surface area contributed by atoms with E-state index in [1.54, 1.807) is 4.90 Å². The summed E-state index contributed by atoms with van der Waals surface area (Å²) in [5, 5.41) is 0. The highest BCUT2D eigenvalue weighted by Crippen LogP contribution is 2.40. The molecule has 3 rings (SSSR count). The summed E-state index contributed by atoms with van der Waals surface area (Å²) in [6, 6.07) is 9.21. The van der Waals surface area contributed by atoms with Crippen LogP contribution in [-0.4, -0.2) is 35.7 Å². The number of ether oxygens (including phenoxy) is 2. The van der Waals surface area contributed by atoms with Crippen LogP contribution in [-0.2, 0) is 20.9 Å². The van der Waals surface area contributed by atoms with Crippen LogP contribution in [0.5, 0.6) is 0 Å². The SMILES string of the molecule is CC(C)COC(=O)C1CC2CCCCC2N1C(=O)OCc1ccccc1. The summed E-state index contributed by atoms with van der Waals surface area (Å²) in [5.41, 5.74) is 0.944. The minimum Gasteiger partial charge on any atom is -0.464 e. The number of fused-ring (bicyclic) bond motifs is 1. The number of hydrogen-bond donors (Lipinski definition) is 0. The van der Waals surface area contributed by atoms with Gasteiger partial charge in [-0.15, -0.1) is 0 Å². The van der Waals surface area contributed by atoms with Crippen LogP contribution in [0.2, 0.25) is 0 Å². The zero-order valence-electron chi connectivity index (χ0n) is 15.7. The molecule has 3 unspecified atom stereocenters. The van der Waals surface area contributed by atoms with Gasteiger partial charge >= 0.3 is 12.1 Å². The van der Waals surface area contributed by atoms with Crippen molar-refractivity contribution in [3.8, 4) is 0 Å². The molecule has 1 aliphatic carbocycles. The van der Waals surface area contributed by atoms with Crippen molar-refractivity contribution in [2.75, 3.05) is 6.61 Å². The van der Waals surface area contributed by atoms with Gasteiger partial charge in [-0.25, -0.2) is 9.59 Å². The predicted molar refractivity (Wildman–Crippen MR) is 98.4 cm³/mol. The second-order valence-corrected chi connectivity index (χ2v) is 7.83. The number of amides is 1. The standard InChI is InChI=1S/C21H29NO4/c1-15(2)13-25-20(23)19-12-17-10-6-7-11-18(17)22(19)21(24)26-14-16-8-4-3-5-9-16/h3-5,8-9,15,17-19H,6-7,10-14H2,1-2H3. The summed E-state index contributed by atoms with van der Waals surface area (Å²) in [6.45, 7) is 4.63.